The van der Waals surface area contributed by atoms with E-state index in [1.54, 1.807) is 48.5 Å². The zero-order valence-electron chi connectivity index (χ0n) is 11.1. The Kier molecular flexibility index (Phi) is 14.9. The van der Waals surface area contributed by atoms with E-state index in [1.165, 1.54) is 0 Å². The maximum Gasteiger partial charge on any atom is 0.401 e. The number of para-hydroxylation sites is 2. The standard InChI is InChI=1S/2C6H6O.2CHClO2/c2*7-6-4-2-1-3-5-6;2*2-1(3)4/h2*1-5,7H;2*(H,3,4). The summed E-state index contributed by atoms with van der Waals surface area (Å²) in [6.07, 6.45) is 0. The molecule has 0 saturated carbocycles. The van der Waals surface area contributed by atoms with E-state index in [2.05, 4.69) is 23.2 Å². The highest BCUT2D eigenvalue weighted by Gasteiger charge is 1.75. The van der Waals surface area contributed by atoms with Crippen LogP contribution in [0.25, 0.3) is 0 Å². The molecule has 0 saturated heterocycles. The minimum atomic E-state index is -1.36. The van der Waals surface area contributed by atoms with E-state index >= 15 is 0 Å². The van der Waals surface area contributed by atoms with Crippen LogP contribution in [0.15, 0.2) is 60.7 Å². The van der Waals surface area contributed by atoms with Crippen molar-refractivity contribution in [2.75, 3.05) is 0 Å². The van der Waals surface area contributed by atoms with Crippen molar-refractivity contribution in [1.82, 2.24) is 0 Å². The second kappa shape index (κ2) is 15.0. The van der Waals surface area contributed by atoms with Gasteiger partial charge in [-0.2, -0.15) is 0 Å². The molecule has 0 amide bonds. The summed E-state index contributed by atoms with van der Waals surface area (Å²) < 4.78 is 0. The van der Waals surface area contributed by atoms with Crippen molar-refractivity contribution in [3.05, 3.63) is 60.7 Å². The van der Waals surface area contributed by atoms with E-state index in [4.69, 9.17) is 30.0 Å². The van der Waals surface area contributed by atoms with Crippen LogP contribution in [0.4, 0.5) is 9.59 Å². The molecule has 0 aliphatic rings. The van der Waals surface area contributed by atoms with Crippen LogP contribution in [0.1, 0.15) is 0 Å². The molecule has 2 rings (SSSR count). The number of phenolic OH excluding ortho intramolecular Hbond substituents is 2. The average molecular weight is 349 g/mol. The lowest BCUT2D eigenvalue weighted by molar-refractivity contribution is 0.219. The van der Waals surface area contributed by atoms with Gasteiger partial charge in [-0.15, -0.1) is 0 Å². The van der Waals surface area contributed by atoms with E-state index in [1.807, 2.05) is 12.1 Å². The summed E-state index contributed by atoms with van der Waals surface area (Å²) in [5.74, 6) is 0.644. The second-order valence-corrected chi connectivity index (χ2v) is 3.82. The van der Waals surface area contributed by atoms with Crippen LogP contribution >= 0.6 is 23.2 Å². The summed E-state index contributed by atoms with van der Waals surface area (Å²) in [6, 6.07) is 17.4. The Morgan fingerprint density at radius 2 is 0.818 bits per heavy atom. The topological polar surface area (TPSA) is 115 Å². The van der Waals surface area contributed by atoms with E-state index in [0.717, 1.165) is 0 Å². The van der Waals surface area contributed by atoms with E-state index < -0.39 is 10.9 Å². The quantitative estimate of drug-likeness (QED) is 0.517. The first-order valence-electron chi connectivity index (χ1n) is 5.50. The Labute approximate surface area is 136 Å². The summed E-state index contributed by atoms with van der Waals surface area (Å²) >= 11 is 8.38. The molecular weight excluding hydrogens is 335 g/mol. The summed E-state index contributed by atoms with van der Waals surface area (Å²) in [6.45, 7) is 0. The molecule has 0 bridgehead atoms. The van der Waals surface area contributed by atoms with Crippen LogP contribution in [-0.2, 0) is 0 Å². The van der Waals surface area contributed by atoms with Crippen LogP contribution in [0, 0.1) is 0 Å². The highest BCUT2D eigenvalue weighted by Crippen LogP contribution is 2.03. The fourth-order valence-corrected chi connectivity index (χ4v) is 0.856. The van der Waals surface area contributed by atoms with Crippen molar-refractivity contribution >= 4 is 34.1 Å². The molecule has 120 valence electrons. The maximum atomic E-state index is 8.77. The zero-order chi connectivity index (χ0) is 17.4. The number of hydrogen-bond acceptors (Lipinski definition) is 4. The first-order valence-corrected chi connectivity index (χ1v) is 6.26. The molecule has 2 aromatic carbocycles. The predicted molar refractivity (Wildman–Crippen MR) is 84.0 cm³/mol. The minimum absolute atomic E-state index is 0.322. The number of carboxylic acid groups (broad SMARTS) is 2. The van der Waals surface area contributed by atoms with Gasteiger partial charge in [-0.25, -0.2) is 9.59 Å². The molecule has 0 aromatic heterocycles. The molecule has 8 heteroatoms. The number of halogens is 2. The minimum Gasteiger partial charge on any atom is -0.508 e. The monoisotopic (exact) mass is 348 g/mol. The fourth-order valence-electron chi connectivity index (χ4n) is 0.856. The van der Waals surface area contributed by atoms with E-state index in [0.29, 0.717) is 11.5 Å². The summed E-state index contributed by atoms with van der Waals surface area (Å²) in [4.78, 5) is 17.5. The van der Waals surface area contributed by atoms with Gasteiger partial charge in [-0.3, -0.25) is 0 Å². The van der Waals surface area contributed by atoms with Gasteiger partial charge in [0.15, 0.2) is 0 Å². The molecule has 0 spiro atoms. The molecule has 0 unspecified atom stereocenters. The molecule has 6 nitrogen and oxygen atoms in total. The Bertz CT molecular complexity index is 462. The van der Waals surface area contributed by atoms with Crippen molar-refractivity contribution in [1.29, 1.82) is 0 Å². The molecule has 22 heavy (non-hydrogen) atoms. The van der Waals surface area contributed by atoms with Gasteiger partial charge in [0, 0.05) is 23.2 Å². The first kappa shape index (κ1) is 21.9. The smallest absolute Gasteiger partial charge is 0.401 e. The van der Waals surface area contributed by atoms with Gasteiger partial charge in [0.2, 0.25) is 0 Å². The molecule has 0 aliphatic heterocycles. The third kappa shape index (κ3) is 26.2. The van der Waals surface area contributed by atoms with Crippen molar-refractivity contribution in [3.8, 4) is 11.5 Å². The third-order valence-corrected chi connectivity index (χ3v) is 1.51. The number of hydrogen-bond donors (Lipinski definition) is 4. The predicted octanol–water partition coefficient (Wildman–Crippen LogP) is 4.59. The molecule has 0 fully saturated rings. The SMILES string of the molecule is O=C(O)Cl.O=C(O)Cl.Oc1ccccc1.Oc1ccccc1. The van der Waals surface area contributed by atoms with Gasteiger partial charge < -0.3 is 20.4 Å². The van der Waals surface area contributed by atoms with Crippen molar-refractivity contribution < 1.29 is 30.0 Å². The lowest BCUT2D eigenvalue weighted by Gasteiger charge is -1.82. The van der Waals surface area contributed by atoms with Gasteiger partial charge in [0.05, 0.1) is 0 Å². The number of aromatic hydroxyl groups is 2. The Morgan fingerprint density at radius 3 is 0.909 bits per heavy atom. The normalized spacial score (nSPS) is 7.73. The Morgan fingerprint density at radius 1 is 0.636 bits per heavy atom. The highest BCUT2D eigenvalue weighted by molar-refractivity contribution is 6.60. The van der Waals surface area contributed by atoms with Crippen LogP contribution in [0.5, 0.6) is 11.5 Å². The summed E-state index contributed by atoms with van der Waals surface area (Å²) in [7, 11) is 0. The highest BCUT2D eigenvalue weighted by atomic mass is 35.5. The molecular formula is C14H14Cl2O6. The van der Waals surface area contributed by atoms with Gasteiger partial charge >= 0.3 is 10.9 Å². The Hall–Kier alpha value is -2.44. The lowest BCUT2D eigenvalue weighted by Crippen LogP contribution is -1.66. The Balaban J connectivity index is 0. The maximum absolute atomic E-state index is 8.77. The summed E-state index contributed by atoms with van der Waals surface area (Å²) in [5, 5.41) is 31.6. The number of phenols is 2. The van der Waals surface area contributed by atoms with Gasteiger partial charge in [0.25, 0.3) is 0 Å². The molecule has 0 aliphatic carbocycles. The lowest BCUT2D eigenvalue weighted by atomic mass is 10.3. The van der Waals surface area contributed by atoms with Gasteiger partial charge in [-0.05, 0) is 24.3 Å². The number of benzene rings is 2. The average Bonchev–Trinajstić information content (AvgIpc) is 2.40. The van der Waals surface area contributed by atoms with Crippen LogP contribution in [0.2, 0.25) is 0 Å². The number of carbonyl (C=O) groups is 2. The van der Waals surface area contributed by atoms with Crippen molar-refractivity contribution in [2.24, 2.45) is 0 Å². The van der Waals surface area contributed by atoms with Crippen LogP contribution in [-0.4, -0.2) is 31.3 Å². The van der Waals surface area contributed by atoms with Gasteiger partial charge in [-0.1, -0.05) is 36.4 Å². The molecule has 0 radical (unpaired) electrons. The summed E-state index contributed by atoms with van der Waals surface area (Å²) in [5.41, 5.74) is -2.72. The fraction of sp³-hybridized carbons (Fsp3) is 0. The van der Waals surface area contributed by atoms with Crippen molar-refractivity contribution in [2.45, 2.75) is 0 Å². The second-order valence-electron chi connectivity index (χ2n) is 3.18. The van der Waals surface area contributed by atoms with E-state index in [-0.39, 0.29) is 0 Å². The molecule has 2 aromatic rings. The van der Waals surface area contributed by atoms with E-state index in [9.17, 15) is 0 Å². The van der Waals surface area contributed by atoms with Crippen LogP contribution in [0.3, 0.4) is 0 Å². The third-order valence-electron chi connectivity index (χ3n) is 1.51. The largest absolute Gasteiger partial charge is 0.508 e. The van der Waals surface area contributed by atoms with Crippen LogP contribution < -0.4 is 0 Å². The molecule has 0 heterocycles. The zero-order valence-corrected chi connectivity index (χ0v) is 12.6. The number of rotatable bonds is 0. The van der Waals surface area contributed by atoms with Crippen molar-refractivity contribution in [3.63, 3.8) is 0 Å². The van der Waals surface area contributed by atoms with Gasteiger partial charge in [0.1, 0.15) is 11.5 Å². The molecule has 0 atom stereocenters. The molecule has 4 N–H and O–H groups in total. The first-order chi connectivity index (χ1) is 10.3.